The lowest BCUT2D eigenvalue weighted by molar-refractivity contribution is -0.540. The molecule has 0 unspecified atom stereocenters. The molecule has 0 N–H and O–H groups in total. The Morgan fingerprint density at radius 2 is 1.87 bits per heavy atom. The van der Waals surface area contributed by atoms with Crippen molar-refractivity contribution < 1.29 is 31.7 Å². The Morgan fingerprint density at radius 1 is 1.22 bits per heavy atom. The zero-order valence-electron chi connectivity index (χ0n) is 11.5. The predicted octanol–water partition coefficient (Wildman–Crippen LogP) is 2.74. The van der Waals surface area contributed by atoms with Gasteiger partial charge in [-0.15, -0.1) is 0 Å². The first-order valence-corrected chi connectivity index (χ1v) is 6.74. The molecule has 0 spiro atoms. The highest BCUT2D eigenvalue weighted by atomic mass is 19.4. The van der Waals surface area contributed by atoms with Crippen molar-refractivity contribution in [3.05, 3.63) is 45.5 Å². The zero-order chi connectivity index (χ0) is 17.0. The molecule has 0 amide bonds. The van der Waals surface area contributed by atoms with Crippen LogP contribution in [0.4, 0.5) is 22.0 Å². The first-order valence-electron chi connectivity index (χ1n) is 6.74. The van der Waals surface area contributed by atoms with Crippen molar-refractivity contribution in [2.75, 3.05) is 6.54 Å². The van der Waals surface area contributed by atoms with Crippen LogP contribution in [0.15, 0.2) is 24.3 Å². The van der Waals surface area contributed by atoms with Crippen molar-refractivity contribution in [1.29, 1.82) is 0 Å². The van der Waals surface area contributed by atoms with Gasteiger partial charge in [-0.2, -0.15) is 27.0 Å². The van der Waals surface area contributed by atoms with Crippen LogP contribution in [0, 0.1) is 10.1 Å². The van der Waals surface area contributed by atoms with Gasteiger partial charge in [-0.1, -0.05) is 24.3 Å². The van der Waals surface area contributed by atoms with E-state index in [9.17, 15) is 32.1 Å². The summed E-state index contributed by atoms with van der Waals surface area (Å²) in [7, 11) is 0. The summed E-state index contributed by atoms with van der Waals surface area (Å²) in [5.41, 5.74) is 1.03. The average molecular weight is 338 g/mol. The molecule has 0 radical (unpaired) electrons. The van der Waals surface area contributed by atoms with Crippen LogP contribution in [0.25, 0.3) is 0 Å². The average Bonchev–Trinajstić information content (AvgIpc) is 2.86. The highest BCUT2D eigenvalue weighted by Crippen LogP contribution is 2.49. The van der Waals surface area contributed by atoms with Crippen LogP contribution < -0.4 is 0 Å². The van der Waals surface area contributed by atoms with Crippen molar-refractivity contribution in [2.45, 2.75) is 36.7 Å². The molecule has 126 valence electrons. The van der Waals surface area contributed by atoms with Crippen LogP contribution >= 0.6 is 0 Å². The number of alkyl halides is 5. The van der Waals surface area contributed by atoms with E-state index in [4.69, 9.17) is 4.84 Å². The van der Waals surface area contributed by atoms with Crippen LogP contribution in [-0.2, 0) is 11.3 Å². The van der Waals surface area contributed by atoms with Crippen molar-refractivity contribution in [3.63, 3.8) is 0 Å². The summed E-state index contributed by atoms with van der Waals surface area (Å²) in [4.78, 5) is 14.8. The quantitative estimate of drug-likeness (QED) is 0.473. The van der Waals surface area contributed by atoms with Gasteiger partial charge in [0.15, 0.2) is 0 Å². The molecule has 0 aromatic heterocycles. The molecule has 2 aliphatic rings. The highest BCUT2D eigenvalue weighted by molar-refractivity contribution is 5.34. The molecule has 0 bridgehead atoms. The fourth-order valence-corrected chi connectivity index (χ4v) is 3.09. The molecule has 1 fully saturated rings. The van der Waals surface area contributed by atoms with Gasteiger partial charge in [0.05, 0.1) is 0 Å². The topological polar surface area (TPSA) is 55.6 Å². The van der Waals surface area contributed by atoms with E-state index in [1.54, 1.807) is 18.2 Å². The van der Waals surface area contributed by atoms with Crippen LogP contribution in [0.5, 0.6) is 0 Å². The highest BCUT2D eigenvalue weighted by Gasteiger charge is 2.72. The zero-order valence-corrected chi connectivity index (χ0v) is 11.5. The van der Waals surface area contributed by atoms with Crippen molar-refractivity contribution in [1.82, 2.24) is 5.06 Å². The third-order valence-corrected chi connectivity index (χ3v) is 4.15. The molecule has 23 heavy (non-hydrogen) atoms. The second kappa shape index (κ2) is 5.10. The molecule has 2 heterocycles. The molecule has 2 aliphatic heterocycles. The van der Waals surface area contributed by atoms with E-state index in [0.717, 1.165) is 5.06 Å². The third-order valence-electron chi connectivity index (χ3n) is 4.15. The van der Waals surface area contributed by atoms with Gasteiger partial charge in [0, 0.05) is 11.5 Å². The lowest BCUT2D eigenvalue weighted by atomic mass is 9.87. The maximum Gasteiger partial charge on any atom is 0.456 e. The maximum absolute atomic E-state index is 13.7. The van der Waals surface area contributed by atoms with Crippen molar-refractivity contribution in [3.8, 4) is 0 Å². The summed E-state index contributed by atoms with van der Waals surface area (Å²) >= 11 is 0. The minimum Gasteiger partial charge on any atom is -0.281 e. The van der Waals surface area contributed by atoms with Gasteiger partial charge in [-0.05, 0) is 17.5 Å². The van der Waals surface area contributed by atoms with E-state index >= 15 is 0 Å². The fraction of sp³-hybridized carbons (Fsp3) is 0.538. The maximum atomic E-state index is 13.7. The molecule has 0 saturated carbocycles. The number of hydroxylamine groups is 2. The molecule has 3 rings (SSSR count). The van der Waals surface area contributed by atoms with Crippen LogP contribution in [0.3, 0.4) is 0 Å². The number of nitrogens with zero attached hydrogens (tertiary/aromatic N) is 2. The van der Waals surface area contributed by atoms with Gasteiger partial charge >= 0.3 is 12.1 Å². The molecular formula is C13H11F5N2O3. The Kier molecular flexibility index (Phi) is 3.56. The van der Waals surface area contributed by atoms with E-state index < -0.39 is 35.2 Å². The number of rotatable bonds is 2. The Balaban J connectivity index is 2.06. The SMILES string of the molecule is O=[N+]([O-])[C@H]1[C@H]2c3ccccc3CCN2O[C@@H]1C(F)(F)C(F)(F)F. The smallest absolute Gasteiger partial charge is 0.281 e. The predicted molar refractivity (Wildman–Crippen MR) is 66.3 cm³/mol. The fourth-order valence-electron chi connectivity index (χ4n) is 3.09. The Bertz CT molecular complexity index is 636. The van der Waals surface area contributed by atoms with Gasteiger partial charge in [0.25, 0.3) is 6.04 Å². The number of hydrogen-bond acceptors (Lipinski definition) is 4. The molecule has 3 atom stereocenters. The lowest BCUT2D eigenvalue weighted by Gasteiger charge is -2.29. The second-order valence-electron chi connectivity index (χ2n) is 5.46. The number of benzene rings is 1. The van der Waals surface area contributed by atoms with Gasteiger partial charge in [-0.25, -0.2) is 0 Å². The monoisotopic (exact) mass is 338 g/mol. The van der Waals surface area contributed by atoms with Crippen LogP contribution in [0.2, 0.25) is 0 Å². The summed E-state index contributed by atoms with van der Waals surface area (Å²) in [6.07, 6.45) is -8.48. The minimum absolute atomic E-state index is 0.0104. The molecule has 10 heteroatoms. The number of halogens is 5. The van der Waals surface area contributed by atoms with Crippen molar-refractivity contribution >= 4 is 0 Å². The van der Waals surface area contributed by atoms with E-state index in [0.29, 0.717) is 17.5 Å². The van der Waals surface area contributed by atoms with Gasteiger partial charge < -0.3 is 0 Å². The van der Waals surface area contributed by atoms with Crippen LogP contribution in [0.1, 0.15) is 17.2 Å². The second-order valence-corrected chi connectivity index (χ2v) is 5.46. The number of nitro groups is 1. The van der Waals surface area contributed by atoms with Gasteiger partial charge in [-0.3, -0.25) is 15.0 Å². The van der Waals surface area contributed by atoms with E-state index in [1.807, 2.05) is 0 Å². The molecule has 1 aromatic rings. The first-order chi connectivity index (χ1) is 10.6. The molecule has 1 saturated heterocycles. The van der Waals surface area contributed by atoms with Crippen LogP contribution in [-0.4, -0.2) is 40.8 Å². The summed E-state index contributed by atoms with van der Waals surface area (Å²) in [5.74, 6) is -5.32. The molecule has 0 aliphatic carbocycles. The van der Waals surface area contributed by atoms with Gasteiger partial charge in [0.1, 0.15) is 6.04 Å². The summed E-state index contributed by atoms with van der Waals surface area (Å²) < 4.78 is 65.2. The van der Waals surface area contributed by atoms with E-state index in [1.165, 1.54) is 6.07 Å². The van der Waals surface area contributed by atoms with Crippen molar-refractivity contribution in [2.24, 2.45) is 0 Å². The molecule has 5 nitrogen and oxygen atoms in total. The number of hydrogen-bond donors (Lipinski definition) is 0. The largest absolute Gasteiger partial charge is 0.456 e. The van der Waals surface area contributed by atoms with E-state index in [-0.39, 0.29) is 6.54 Å². The summed E-state index contributed by atoms with van der Waals surface area (Å²) in [6.45, 7) is 0.0104. The normalized spacial score (nSPS) is 28.3. The summed E-state index contributed by atoms with van der Waals surface area (Å²) in [5, 5.41) is 12.1. The lowest BCUT2D eigenvalue weighted by Crippen LogP contribution is -2.53. The Hall–Kier alpha value is -1.81. The summed E-state index contributed by atoms with van der Waals surface area (Å²) in [6, 6.07) is 2.89. The number of fused-ring (bicyclic) bond motifs is 3. The standard InChI is InChI=1S/C13H11F5N2O3/c14-12(15,13(16,17)18)11-10(20(21)22)9-8-4-2-1-3-7(8)5-6-19(9)23-11/h1-4,9-11H,5-6H2/t9-,10+,11+/m1/s1. The third kappa shape index (κ3) is 2.36. The Morgan fingerprint density at radius 3 is 2.48 bits per heavy atom. The minimum atomic E-state index is -5.93. The van der Waals surface area contributed by atoms with Gasteiger partial charge in [0.2, 0.25) is 6.10 Å². The van der Waals surface area contributed by atoms with E-state index in [2.05, 4.69) is 0 Å². The Labute approximate surface area is 126 Å². The molecular weight excluding hydrogens is 327 g/mol. The first kappa shape index (κ1) is 16.1. The molecule has 1 aromatic carbocycles.